The van der Waals surface area contributed by atoms with Crippen LogP contribution in [0.2, 0.25) is 5.02 Å². The Kier molecular flexibility index (Phi) is 6.55. The van der Waals surface area contributed by atoms with Crippen LogP contribution in [0.5, 0.6) is 0 Å². The number of hydrogen-bond acceptors (Lipinski definition) is 4. The molecule has 1 aliphatic carbocycles. The molecule has 2 aromatic rings. The summed E-state index contributed by atoms with van der Waals surface area (Å²) in [7, 11) is 0. The Labute approximate surface area is 191 Å². The highest BCUT2D eigenvalue weighted by Crippen LogP contribution is 2.38. The zero-order valence-corrected chi connectivity index (χ0v) is 18.2. The van der Waals surface area contributed by atoms with Gasteiger partial charge in [0.1, 0.15) is 0 Å². The second kappa shape index (κ2) is 9.53. The molecule has 1 heterocycles. The summed E-state index contributed by atoms with van der Waals surface area (Å²) in [6.45, 7) is 0.0512. The third kappa shape index (κ3) is 4.67. The molecule has 1 saturated heterocycles. The van der Waals surface area contributed by atoms with Crippen molar-refractivity contribution < 1.29 is 19.2 Å². The van der Waals surface area contributed by atoms with Gasteiger partial charge in [0.15, 0.2) is 0 Å². The van der Waals surface area contributed by atoms with E-state index >= 15 is 0 Å². The van der Waals surface area contributed by atoms with E-state index in [1.54, 1.807) is 48.5 Å². The molecule has 0 spiro atoms. The second-order valence-electron chi connectivity index (χ2n) is 8.13. The zero-order chi connectivity index (χ0) is 22.7. The Morgan fingerprint density at radius 3 is 2.19 bits per heavy atom. The summed E-state index contributed by atoms with van der Waals surface area (Å²) in [5.74, 6) is -1.51. The highest BCUT2D eigenvalue weighted by molar-refractivity contribution is 6.30. The SMILES string of the molecule is O=C(CCN1C(=O)[C@H]2CCCC[C@@H]2C1=O)Nc1ccccc1C(=O)Nc1ccc(Cl)cc1. The lowest BCUT2D eigenvalue weighted by Crippen LogP contribution is -2.34. The second-order valence-corrected chi connectivity index (χ2v) is 8.57. The zero-order valence-electron chi connectivity index (χ0n) is 17.5. The maximum atomic E-state index is 12.7. The third-order valence-electron chi connectivity index (χ3n) is 6.04. The Morgan fingerprint density at radius 2 is 1.53 bits per heavy atom. The summed E-state index contributed by atoms with van der Waals surface area (Å²) in [6.07, 6.45) is 3.39. The molecule has 166 valence electrons. The third-order valence-corrected chi connectivity index (χ3v) is 6.29. The summed E-state index contributed by atoms with van der Waals surface area (Å²) in [5.41, 5.74) is 1.24. The van der Waals surface area contributed by atoms with E-state index in [1.165, 1.54) is 4.90 Å². The van der Waals surface area contributed by atoms with Crippen LogP contribution in [0, 0.1) is 11.8 Å². The van der Waals surface area contributed by atoms with Gasteiger partial charge in [0, 0.05) is 23.7 Å². The van der Waals surface area contributed by atoms with E-state index in [0.29, 0.717) is 22.0 Å². The number of carbonyl (C=O) groups is 4. The van der Waals surface area contributed by atoms with Gasteiger partial charge in [-0.3, -0.25) is 24.1 Å². The molecule has 2 aromatic carbocycles. The number of fused-ring (bicyclic) bond motifs is 1. The smallest absolute Gasteiger partial charge is 0.257 e. The first-order chi connectivity index (χ1) is 15.4. The van der Waals surface area contributed by atoms with Gasteiger partial charge < -0.3 is 10.6 Å². The molecule has 0 radical (unpaired) electrons. The maximum absolute atomic E-state index is 12.7. The standard InChI is InChI=1S/C24H24ClN3O4/c25-15-9-11-16(12-10-15)26-22(30)19-7-3-4-8-20(19)27-21(29)13-14-28-23(31)17-5-1-2-6-18(17)24(28)32/h3-4,7-12,17-18H,1-2,5-6,13-14H2,(H,26,30)(H,27,29)/t17-,18-/m0/s1. The van der Waals surface area contributed by atoms with Crippen molar-refractivity contribution in [3.8, 4) is 0 Å². The van der Waals surface area contributed by atoms with Gasteiger partial charge in [-0.1, -0.05) is 36.6 Å². The van der Waals surface area contributed by atoms with Crippen molar-refractivity contribution in [3.05, 3.63) is 59.1 Å². The minimum atomic E-state index is -0.378. The van der Waals surface area contributed by atoms with E-state index < -0.39 is 0 Å². The number of nitrogens with one attached hydrogen (secondary N) is 2. The number of halogens is 1. The summed E-state index contributed by atoms with van der Waals surface area (Å²) >= 11 is 5.87. The molecule has 8 heteroatoms. The van der Waals surface area contributed by atoms with Gasteiger partial charge in [-0.15, -0.1) is 0 Å². The molecule has 0 aromatic heterocycles. The van der Waals surface area contributed by atoms with Crippen LogP contribution in [0.15, 0.2) is 48.5 Å². The first kappa shape index (κ1) is 22.0. The van der Waals surface area contributed by atoms with Crippen molar-refractivity contribution in [2.75, 3.05) is 17.2 Å². The molecule has 1 saturated carbocycles. The van der Waals surface area contributed by atoms with Crippen molar-refractivity contribution in [2.24, 2.45) is 11.8 Å². The molecular formula is C24H24ClN3O4. The Morgan fingerprint density at radius 1 is 0.906 bits per heavy atom. The van der Waals surface area contributed by atoms with Crippen LogP contribution in [0.25, 0.3) is 0 Å². The highest BCUT2D eigenvalue weighted by Gasteiger charge is 2.47. The van der Waals surface area contributed by atoms with E-state index in [2.05, 4.69) is 10.6 Å². The van der Waals surface area contributed by atoms with E-state index in [4.69, 9.17) is 11.6 Å². The largest absolute Gasteiger partial charge is 0.325 e. The van der Waals surface area contributed by atoms with E-state index in [1.807, 2.05) is 0 Å². The maximum Gasteiger partial charge on any atom is 0.257 e. The van der Waals surface area contributed by atoms with Gasteiger partial charge in [-0.05, 0) is 49.2 Å². The van der Waals surface area contributed by atoms with Crippen molar-refractivity contribution in [1.82, 2.24) is 4.90 Å². The number of imide groups is 1. The quantitative estimate of drug-likeness (QED) is 0.644. The number of anilines is 2. The molecule has 0 bridgehead atoms. The predicted molar refractivity (Wildman–Crippen MR) is 121 cm³/mol. The van der Waals surface area contributed by atoms with E-state index in [-0.39, 0.29) is 48.4 Å². The first-order valence-electron chi connectivity index (χ1n) is 10.7. The Hall–Kier alpha value is -3.19. The number of nitrogens with zero attached hydrogens (tertiary/aromatic N) is 1. The van der Waals surface area contributed by atoms with Crippen molar-refractivity contribution in [1.29, 1.82) is 0 Å². The van der Waals surface area contributed by atoms with Gasteiger partial charge in [0.05, 0.1) is 23.1 Å². The molecular weight excluding hydrogens is 430 g/mol. The molecule has 4 rings (SSSR count). The number of amides is 4. The van der Waals surface area contributed by atoms with Crippen molar-refractivity contribution in [2.45, 2.75) is 32.1 Å². The molecule has 2 atom stereocenters. The van der Waals surface area contributed by atoms with Crippen LogP contribution in [0.1, 0.15) is 42.5 Å². The molecule has 0 unspecified atom stereocenters. The monoisotopic (exact) mass is 453 g/mol. The van der Waals surface area contributed by atoms with Crippen molar-refractivity contribution in [3.63, 3.8) is 0 Å². The minimum Gasteiger partial charge on any atom is -0.325 e. The number of hydrogen-bond donors (Lipinski definition) is 2. The summed E-state index contributed by atoms with van der Waals surface area (Å²) in [6, 6.07) is 13.4. The summed E-state index contributed by atoms with van der Waals surface area (Å²) in [5, 5.41) is 6.06. The number of rotatable bonds is 6. The summed E-state index contributed by atoms with van der Waals surface area (Å²) in [4.78, 5) is 51.6. The van der Waals surface area contributed by atoms with Gasteiger partial charge in [0.2, 0.25) is 17.7 Å². The predicted octanol–water partition coefficient (Wildman–Crippen LogP) is 4.10. The van der Waals surface area contributed by atoms with Crippen LogP contribution in [0.4, 0.5) is 11.4 Å². The molecule has 4 amide bonds. The fourth-order valence-corrected chi connectivity index (χ4v) is 4.53. The van der Waals surface area contributed by atoms with Crippen LogP contribution < -0.4 is 10.6 Å². The fourth-order valence-electron chi connectivity index (χ4n) is 4.40. The molecule has 2 aliphatic rings. The van der Waals surface area contributed by atoms with E-state index in [9.17, 15) is 19.2 Å². The normalized spacial score (nSPS) is 20.1. The average molecular weight is 454 g/mol. The van der Waals surface area contributed by atoms with Crippen LogP contribution in [-0.4, -0.2) is 35.1 Å². The summed E-state index contributed by atoms with van der Waals surface area (Å²) < 4.78 is 0. The first-order valence-corrected chi connectivity index (χ1v) is 11.1. The van der Waals surface area contributed by atoms with Gasteiger partial charge in [-0.2, -0.15) is 0 Å². The fraction of sp³-hybridized carbons (Fsp3) is 0.333. The average Bonchev–Trinajstić information content (AvgIpc) is 3.04. The number of para-hydroxylation sites is 1. The number of likely N-dealkylation sites (tertiary alicyclic amines) is 1. The van der Waals surface area contributed by atoms with Gasteiger partial charge in [0.25, 0.3) is 5.91 Å². The molecule has 2 fully saturated rings. The lowest BCUT2D eigenvalue weighted by atomic mass is 9.81. The molecule has 32 heavy (non-hydrogen) atoms. The van der Waals surface area contributed by atoms with Crippen LogP contribution in [-0.2, 0) is 14.4 Å². The number of benzene rings is 2. The molecule has 7 nitrogen and oxygen atoms in total. The molecule has 1 aliphatic heterocycles. The lowest BCUT2D eigenvalue weighted by molar-refractivity contribution is -0.140. The van der Waals surface area contributed by atoms with Gasteiger partial charge in [-0.25, -0.2) is 0 Å². The number of carbonyl (C=O) groups excluding carboxylic acids is 4. The Balaban J connectivity index is 1.37. The van der Waals surface area contributed by atoms with Crippen LogP contribution >= 0.6 is 11.6 Å². The topological polar surface area (TPSA) is 95.6 Å². The Bertz CT molecular complexity index is 1030. The highest BCUT2D eigenvalue weighted by atomic mass is 35.5. The van der Waals surface area contributed by atoms with E-state index in [0.717, 1.165) is 25.7 Å². The van der Waals surface area contributed by atoms with Crippen molar-refractivity contribution >= 4 is 46.6 Å². The van der Waals surface area contributed by atoms with Gasteiger partial charge >= 0.3 is 0 Å². The molecule has 2 N–H and O–H groups in total. The lowest BCUT2D eigenvalue weighted by Gasteiger charge is -2.19. The minimum absolute atomic E-state index is 0.0238. The van der Waals surface area contributed by atoms with Crippen LogP contribution in [0.3, 0.4) is 0 Å².